The topological polar surface area (TPSA) is 66.9 Å². The van der Waals surface area contributed by atoms with Crippen molar-refractivity contribution in [3.8, 4) is 0 Å². The van der Waals surface area contributed by atoms with E-state index in [1.807, 2.05) is 30.3 Å². The number of hydrogen-bond donors (Lipinski definition) is 2. The maximum Gasteiger partial charge on any atom is 0.270 e. The van der Waals surface area contributed by atoms with Crippen molar-refractivity contribution in [2.75, 3.05) is 11.9 Å². The molecule has 5 nitrogen and oxygen atoms in total. The smallest absolute Gasteiger partial charge is 0.270 e. The summed E-state index contributed by atoms with van der Waals surface area (Å²) in [6, 6.07) is 11.8. The van der Waals surface area contributed by atoms with Gasteiger partial charge in [-0.25, -0.2) is 9.97 Å². The molecular weight excluding hydrogens is 288 g/mol. The molecule has 0 saturated carbocycles. The number of carbonyl (C=O) groups is 1. The number of anilines is 1. The van der Waals surface area contributed by atoms with Crippen molar-refractivity contribution < 1.29 is 4.79 Å². The molecule has 0 spiro atoms. The zero-order chi connectivity index (χ0) is 16.7. The van der Waals surface area contributed by atoms with Crippen LogP contribution in [0.2, 0.25) is 0 Å². The van der Waals surface area contributed by atoms with Crippen LogP contribution in [0.3, 0.4) is 0 Å². The maximum atomic E-state index is 12.2. The van der Waals surface area contributed by atoms with Gasteiger partial charge in [-0.3, -0.25) is 4.79 Å². The lowest BCUT2D eigenvalue weighted by Crippen LogP contribution is -2.26. The summed E-state index contributed by atoms with van der Waals surface area (Å²) in [6.07, 6.45) is 0.953. The summed E-state index contributed by atoms with van der Waals surface area (Å²) >= 11 is 0. The van der Waals surface area contributed by atoms with Crippen LogP contribution >= 0.6 is 0 Å². The van der Waals surface area contributed by atoms with Crippen LogP contribution in [0.4, 0.5) is 5.82 Å². The lowest BCUT2D eigenvalue weighted by Gasteiger charge is -2.10. The number of hydrogen-bond acceptors (Lipinski definition) is 4. The zero-order valence-electron chi connectivity index (χ0n) is 14.0. The van der Waals surface area contributed by atoms with Gasteiger partial charge >= 0.3 is 0 Å². The SMILES string of the molecule is Cc1nc(NCc2ccccc2)cc(C(=O)NCCC(C)C)n1. The van der Waals surface area contributed by atoms with Gasteiger partial charge in [0.1, 0.15) is 17.3 Å². The van der Waals surface area contributed by atoms with Gasteiger partial charge in [0.05, 0.1) is 0 Å². The average Bonchev–Trinajstić information content (AvgIpc) is 2.53. The Labute approximate surface area is 137 Å². The second-order valence-electron chi connectivity index (χ2n) is 5.96. The Balaban J connectivity index is 1.99. The van der Waals surface area contributed by atoms with E-state index in [9.17, 15) is 4.79 Å². The number of nitrogens with one attached hydrogen (secondary N) is 2. The summed E-state index contributed by atoms with van der Waals surface area (Å²) in [7, 11) is 0. The molecule has 23 heavy (non-hydrogen) atoms. The standard InChI is InChI=1S/C18H24N4O/c1-13(2)9-10-19-18(23)16-11-17(22-14(3)21-16)20-12-15-7-5-4-6-8-15/h4-8,11,13H,9-10,12H2,1-3H3,(H,19,23)(H,20,21,22). The molecule has 1 aromatic carbocycles. The molecule has 0 aliphatic carbocycles. The molecule has 0 bridgehead atoms. The second-order valence-corrected chi connectivity index (χ2v) is 5.96. The van der Waals surface area contributed by atoms with E-state index in [0.29, 0.717) is 36.3 Å². The summed E-state index contributed by atoms with van der Waals surface area (Å²) in [6.45, 7) is 7.37. The molecule has 0 fully saturated rings. The minimum Gasteiger partial charge on any atom is -0.366 e. The highest BCUT2D eigenvalue weighted by Gasteiger charge is 2.10. The quantitative estimate of drug-likeness (QED) is 0.824. The summed E-state index contributed by atoms with van der Waals surface area (Å²) in [5.74, 6) is 1.65. The van der Waals surface area contributed by atoms with Gasteiger partial charge in [-0.05, 0) is 24.8 Å². The normalized spacial score (nSPS) is 10.6. The average molecular weight is 312 g/mol. The molecule has 2 aromatic rings. The van der Waals surface area contributed by atoms with Gasteiger partial charge in [0, 0.05) is 19.2 Å². The molecule has 1 heterocycles. The Hall–Kier alpha value is -2.43. The van der Waals surface area contributed by atoms with E-state index in [2.05, 4.69) is 34.4 Å². The monoisotopic (exact) mass is 312 g/mol. The summed E-state index contributed by atoms with van der Waals surface area (Å²) in [4.78, 5) is 20.7. The Morgan fingerprint density at radius 2 is 1.91 bits per heavy atom. The highest BCUT2D eigenvalue weighted by atomic mass is 16.1. The number of benzene rings is 1. The fourth-order valence-electron chi connectivity index (χ4n) is 2.13. The summed E-state index contributed by atoms with van der Waals surface area (Å²) in [5.41, 5.74) is 1.56. The van der Waals surface area contributed by atoms with Gasteiger partial charge < -0.3 is 10.6 Å². The lowest BCUT2D eigenvalue weighted by atomic mass is 10.1. The van der Waals surface area contributed by atoms with Crippen LogP contribution in [0.25, 0.3) is 0 Å². The molecule has 0 atom stereocenters. The molecule has 1 amide bonds. The summed E-state index contributed by atoms with van der Waals surface area (Å²) < 4.78 is 0. The molecule has 122 valence electrons. The highest BCUT2D eigenvalue weighted by Crippen LogP contribution is 2.09. The first-order valence-corrected chi connectivity index (χ1v) is 7.96. The molecular formula is C18H24N4O. The fourth-order valence-corrected chi connectivity index (χ4v) is 2.13. The van der Waals surface area contributed by atoms with Crippen molar-refractivity contribution in [3.63, 3.8) is 0 Å². The number of carbonyl (C=O) groups excluding carboxylic acids is 1. The van der Waals surface area contributed by atoms with Gasteiger partial charge in [-0.1, -0.05) is 44.2 Å². The van der Waals surface area contributed by atoms with Crippen molar-refractivity contribution in [1.29, 1.82) is 0 Å². The van der Waals surface area contributed by atoms with E-state index >= 15 is 0 Å². The number of amides is 1. The van der Waals surface area contributed by atoms with E-state index in [1.54, 1.807) is 13.0 Å². The second kappa shape index (κ2) is 8.27. The number of aromatic nitrogens is 2. The Morgan fingerprint density at radius 3 is 2.61 bits per heavy atom. The molecule has 0 unspecified atom stereocenters. The van der Waals surface area contributed by atoms with E-state index in [4.69, 9.17) is 0 Å². The van der Waals surface area contributed by atoms with E-state index in [1.165, 1.54) is 0 Å². The molecule has 5 heteroatoms. The highest BCUT2D eigenvalue weighted by molar-refractivity contribution is 5.92. The molecule has 2 N–H and O–H groups in total. The molecule has 0 aliphatic heterocycles. The van der Waals surface area contributed by atoms with Crippen molar-refractivity contribution >= 4 is 11.7 Å². The first-order valence-electron chi connectivity index (χ1n) is 7.96. The largest absolute Gasteiger partial charge is 0.366 e. The van der Waals surface area contributed by atoms with Crippen molar-refractivity contribution in [1.82, 2.24) is 15.3 Å². The molecule has 1 aromatic heterocycles. The van der Waals surface area contributed by atoms with Crippen molar-refractivity contribution in [3.05, 3.63) is 53.5 Å². The molecule has 0 radical (unpaired) electrons. The van der Waals surface area contributed by atoms with Crippen LogP contribution in [-0.4, -0.2) is 22.4 Å². The van der Waals surface area contributed by atoms with Crippen LogP contribution < -0.4 is 10.6 Å². The van der Waals surface area contributed by atoms with Gasteiger partial charge in [-0.2, -0.15) is 0 Å². The van der Waals surface area contributed by atoms with Crippen LogP contribution in [0.5, 0.6) is 0 Å². The maximum absolute atomic E-state index is 12.2. The Bertz CT molecular complexity index is 641. The first kappa shape index (κ1) is 16.9. The predicted octanol–water partition coefficient (Wildman–Crippen LogP) is 3.17. The lowest BCUT2D eigenvalue weighted by molar-refractivity contribution is 0.0946. The third kappa shape index (κ3) is 5.70. The fraction of sp³-hybridized carbons (Fsp3) is 0.389. The summed E-state index contributed by atoms with van der Waals surface area (Å²) in [5, 5.41) is 6.14. The van der Waals surface area contributed by atoms with Crippen LogP contribution in [-0.2, 0) is 6.54 Å². The zero-order valence-corrected chi connectivity index (χ0v) is 14.0. The third-order valence-corrected chi connectivity index (χ3v) is 3.39. The first-order chi connectivity index (χ1) is 11.0. The van der Waals surface area contributed by atoms with Gasteiger partial charge in [0.2, 0.25) is 0 Å². The van der Waals surface area contributed by atoms with Gasteiger partial charge in [0.25, 0.3) is 5.91 Å². The van der Waals surface area contributed by atoms with Gasteiger partial charge in [-0.15, -0.1) is 0 Å². The van der Waals surface area contributed by atoms with Crippen LogP contribution in [0.1, 0.15) is 42.1 Å². The molecule has 0 aliphatic rings. The minimum atomic E-state index is -0.154. The molecule has 0 saturated heterocycles. The van der Waals surface area contributed by atoms with Gasteiger partial charge in [0.15, 0.2) is 0 Å². The van der Waals surface area contributed by atoms with Crippen molar-refractivity contribution in [2.45, 2.75) is 33.7 Å². The van der Waals surface area contributed by atoms with E-state index in [0.717, 1.165) is 12.0 Å². The number of rotatable bonds is 7. The number of nitrogens with zero attached hydrogens (tertiary/aromatic N) is 2. The number of aryl methyl sites for hydroxylation is 1. The predicted molar refractivity (Wildman–Crippen MR) is 92.3 cm³/mol. The minimum absolute atomic E-state index is 0.154. The van der Waals surface area contributed by atoms with Crippen LogP contribution in [0.15, 0.2) is 36.4 Å². The Morgan fingerprint density at radius 1 is 1.17 bits per heavy atom. The van der Waals surface area contributed by atoms with E-state index < -0.39 is 0 Å². The van der Waals surface area contributed by atoms with E-state index in [-0.39, 0.29) is 5.91 Å². The van der Waals surface area contributed by atoms with Crippen LogP contribution in [0, 0.1) is 12.8 Å². The van der Waals surface area contributed by atoms with Crippen molar-refractivity contribution in [2.24, 2.45) is 5.92 Å². The molecule has 2 rings (SSSR count). The third-order valence-electron chi connectivity index (χ3n) is 3.39. The Kier molecular flexibility index (Phi) is 6.09.